The Labute approximate surface area is 803 Å². The summed E-state index contributed by atoms with van der Waals surface area (Å²) in [6.45, 7) is 33.0. The number of phenolic OH excluding ortho intramolecular Hbond substituents is 1. The molecule has 0 aliphatic heterocycles. The standard InChI is InChI=1S/C28H42N2O6.C22H32N2O5.C17H28N2O3.C11H18N2O2.C11H16O4.C8H10O2.C6H12O2/c1-10-35-22-16-25(33-8)23(26(17-22)34-9)18-30(28(31)20(4)19(2)3)21-11-12-24(32-7)27(15-21)36-14-13-29(5)6;1-7-28-17-13-20(26-5)18(21(14-17)27-6)15-23-16-8-9-19(25-4)22(12-16)29-11-10-24(2)3;1-12(2)13(3)17(20)18-14-7-8-15(21-6)16(11-14)22-10-9-19(4)5;1-13(2)6-7-15-11-8-9(12)4-5-10(11)14-3;1-4-15-8-5-10(13-2)9(7-12)11(6-8)14-3;1-6-3-4-8(10-2)7(9)5-6;1-4(2)5(3)6(7)8/h11-12,15-17,19-20H,10,13-14,18H2,1-9H3;8-9,12-14,23H,7,10-11,15H2,1-6H3;7-8,11-13H,9-10H2,1-6H3,(H,18,20);4-5,8H,6-7,12H2,1-3H3;5-6,12H,4,7H2,1-3H3;3-5,9H,1-2H3;4-5H,1-3H3,(H,7,8). The third-order valence-corrected chi connectivity index (χ3v) is 20.8. The van der Waals surface area contributed by atoms with Crippen LogP contribution in [0.3, 0.4) is 0 Å². The topological polar surface area (TPSA) is 344 Å². The second-order valence-corrected chi connectivity index (χ2v) is 32.8. The molecule has 0 spiro atoms. The number of ether oxygens (including phenoxy) is 18. The highest BCUT2D eigenvalue weighted by Gasteiger charge is 2.29. The minimum atomic E-state index is -0.708. The number of amides is 2. The molecule has 8 aromatic carbocycles. The van der Waals surface area contributed by atoms with Crippen LogP contribution >= 0.6 is 0 Å². The predicted octanol–water partition coefficient (Wildman–Crippen LogP) is 17.3. The number of carboxylic acid groups (broad SMARTS) is 1. The number of likely N-dealkylation sites (N-methyl/N-ethyl adjacent to an activating group) is 4. The molecule has 2 amide bonds. The number of benzene rings is 8. The molecule has 0 heterocycles. The van der Waals surface area contributed by atoms with Crippen molar-refractivity contribution in [3.8, 4) is 109 Å². The molecule has 0 fully saturated rings. The monoisotopic (exact) mass is 1890 g/mol. The van der Waals surface area contributed by atoms with E-state index in [0.29, 0.717) is 179 Å². The maximum Gasteiger partial charge on any atom is 0.306 e. The van der Waals surface area contributed by atoms with Crippen molar-refractivity contribution in [1.82, 2.24) is 19.6 Å². The Bertz CT molecular complexity index is 4670. The highest BCUT2D eigenvalue weighted by atomic mass is 16.5. The lowest BCUT2D eigenvalue weighted by Crippen LogP contribution is -2.37. The fraction of sp³-hybridized carbons (Fsp3) is 0.505. The molecule has 0 aromatic heterocycles. The second kappa shape index (κ2) is 64.6. The summed E-state index contributed by atoms with van der Waals surface area (Å²) < 4.78 is 98.9. The van der Waals surface area contributed by atoms with Gasteiger partial charge in [-0.25, -0.2) is 0 Å². The van der Waals surface area contributed by atoms with Gasteiger partial charge in [0, 0.05) is 128 Å². The van der Waals surface area contributed by atoms with Crippen molar-refractivity contribution in [3.63, 3.8) is 0 Å². The summed E-state index contributed by atoms with van der Waals surface area (Å²) in [4.78, 5) is 46.0. The number of nitrogen functional groups attached to an aromatic ring is 1. The summed E-state index contributed by atoms with van der Waals surface area (Å²) in [5.74, 6) is 11.3. The van der Waals surface area contributed by atoms with E-state index in [2.05, 4.69) is 20.4 Å². The number of nitrogens with zero attached hydrogens (tertiary/aromatic N) is 5. The molecule has 32 heteroatoms. The largest absolute Gasteiger partial charge is 0.504 e. The van der Waals surface area contributed by atoms with Gasteiger partial charge in [-0.1, -0.05) is 68.4 Å². The Morgan fingerprint density at radius 3 is 1.02 bits per heavy atom. The summed E-state index contributed by atoms with van der Waals surface area (Å²) >= 11 is 0. The number of aromatic hydroxyl groups is 1. The molecule has 0 saturated heterocycles. The first kappa shape index (κ1) is 119. The predicted molar refractivity (Wildman–Crippen MR) is 537 cm³/mol. The Hall–Kier alpha value is -12.2. The summed E-state index contributed by atoms with van der Waals surface area (Å²) in [7, 11) is 33.5. The molecule has 3 unspecified atom stereocenters. The Morgan fingerprint density at radius 2 is 0.689 bits per heavy atom. The number of anilines is 4. The van der Waals surface area contributed by atoms with Crippen LogP contribution < -0.4 is 107 Å². The molecule has 754 valence electrons. The first-order valence-corrected chi connectivity index (χ1v) is 45.0. The van der Waals surface area contributed by atoms with Gasteiger partial charge in [0.15, 0.2) is 57.5 Å². The van der Waals surface area contributed by atoms with Gasteiger partial charge in [0.05, 0.1) is 134 Å². The average molecular weight is 1890 g/mol. The number of hydrogen-bond acceptors (Lipinski definition) is 29. The number of aryl methyl sites for hydroxylation is 1. The van der Waals surface area contributed by atoms with Crippen LogP contribution in [0.2, 0.25) is 0 Å². The molecular formula is C103H158N8O24. The van der Waals surface area contributed by atoms with E-state index in [4.69, 9.17) is 101 Å². The van der Waals surface area contributed by atoms with Gasteiger partial charge >= 0.3 is 5.97 Å². The van der Waals surface area contributed by atoms with Gasteiger partial charge in [-0.05, 0) is 168 Å². The molecule has 0 bridgehead atoms. The molecule has 0 aliphatic rings. The molecule has 0 aliphatic carbocycles. The van der Waals surface area contributed by atoms with E-state index in [9.17, 15) is 19.5 Å². The first-order chi connectivity index (χ1) is 64.2. The van der Waals surface area contributed by atoms with Crippen molar-refractivity contribution in [3.05, 3.63) is 150 Å². The van der Waals surface area contributed by atoms with Crippen molar-refractivity contribution in [2.24, 2.45) is 35.5 Å². The Balaban J connectivity index is 0.000000561. The minimum absolute atomic E-state index is 0.00704. The summed E-state index contributed by atoms with van der Waals surface area (Å²) in [6, 6.07) is 38.3. The van der Waals surface area contributed by atoms with Crippen LogP contribution in [0.25, 0.3) is 0 Å². The van der Waals surface area contributed by atoms with Crippen molar-refractivity contribution < 1.29 is 115 Å². The zero-order valence-corrected chi connectivity index (χ0v) is 86.2. The highest BCUT2D eigenvalue weighted by Crippen LogP contribution is 2.42. The lowest BCUT2D eigenvalue weighted by Gasteiger charge is -2.29. The molecule has 8 rings (SSSR count). The number of aliphatic hydroxyl groups excluding tert-OH is 1. The third-order valence-electron chi connectivity index (χ3n) is 20.8. The van der Waals surface area contributed by atoms with Crippen molar-refractivity contribution in [2.45, 2.75) is 110 Å². The number of aliphatic hydroxyl groups is 1. The number of hydrogen-bond donors (Lipinski definition) is 6. The van der Waals surface area contributed by atoms with Gasteiger partial charge in [-0.3, -0.25) is 14.4 Å². The van der Waals surface area contributed by atoms with E-state index in [-0.39, 0.29) is 60.3 Å². The molecule has 8 aromatic rings. The fourth-order valence-corrected chi connectivity index (χ4v) is 11.8. The van der Waals surface area contributed by atoms with E-state index in [1.165, 1.54) is 7.11 Å². The number of rotatable bonds is 47. The van der Waals surface area contributed by atoms with Crippen LogP contribution in [0, 0.1) is 42.4 Å². The van der Waals surface area contributed by atoms with Crippen LogP contribution in [0.4, 0.5) is 22.7 Å². The van der Waals surface area contributed by atoms with Crippen molar-refractivity contribution in [2.75, 3.05) is 228 Å². The molecular weight excluding hydrogens is 1730 g/mol. The van der Waals surface area contributed by atoms with Gasteiger partial charge in [0.25, 0.3) is 0 Å². The maximum atomic E-state index is 13.8. The molecule has 32 nitrogen and oxygen atoms in total. The second-order valence-electron chi connectivity index (χ2n) is 32.8. The number of carbonyl (C=O) groups excluding carboxylic acids is 2. The van der Waals surface area contributed by atoms with Gasteiger partial charge in [0.2, 0.25) is 11.8 Å². The van der Waals surface area contributed by atoms with Crippen molar-refractivity contribution in [1.29, 1.82) is 0 Å². The van der Waals surface area contributed by atoms with Crippen LogP contribution in [0.15, 0.2) is 127 Å². The SMILES string of the molecule is CC(C)C(C)C(=O)O.CCOc1cc(OC)c(CN(C(=O)C(C)C(C)C)c2ccc(OC)c(OCCN(C)C)c2)c(OC)c1.CCOc1cc(OC)c(CNc2ccc(OC)c(OCCN(C)C)c2)c(OC)c1.CCOc1cc(OC)c(CO)c(OC)c1.COc1ccc(C)cc1O.COc1ccc(N)cc1OCCN(C)C.COc1ccc(NC(=O)C(C)C(C)C)cc1OCCN(C)C. The highest BCUT2D eigenvalue weighted by molar-refractivity contribution is 5.96. The third kappa shape index (κ3) is 42.5. The summed E-state index contributed by atoms with van der Waals surface area (Å²) in [5.41, 5.74) is 12.0. The molecule has 135 heavy (non-hydrogen) atoms. The molecule has 7 N–H and O–H groups in total. The normalized spacial score (nSPS) is 11.2. The maximum absolute atomic E-state index is 13.8. The minimum Gasteiger partial charge on any atom is -0.504 e. The Morgan fingerprint density at radius 1 is 0.363 bits per heavy atom. The van der Waals surface area contributed by atoms with Crippen LogP contribution in [0.1, 0.15) is 105 Å². The van der Waals surface area contributed by atoms with Gasteiger partial charge in [-0.15, -0.1) is 0 Å². The van der Waals surface area contributed by atoms with Crippen LogP contribution in [-0.2, 0) is 34.1 Å². The number of carboxylic acids is 1. The lowest BCUT2D eigenvalue weighted by molar-refractivity contribution is -0.142. The average Bonchev–Trinajstić information content (AvgIpc) is 0.797. The number of methoxy groups -OCH3 is 11. The smallest absolute Gasteiger partial charge is 0.306 e. The zero-order chi connectivity index (χ0) is 102. The van der Waals surface area contributed by atoms with E-state index >= 15 is 0 Å². The van der Waals surface area contributed by atoms with Gasteiger partial charge in [0.1, 0.15) is 78.2 Å². The van der Waals surface area contributed by atoms with Crippen molar-refractivity contribution >= 4 is 40.5 Å². The number of aliphatic carboxylic acids is 1. The number of nitrogens with one attached hydrogen (secondary N) is 2. The van der Waals surface area contributed by atoms with Gasteiger partial charge < -0.3 is 141 Å². The number of nitrogens with two attached hydrogens (primary N) is 1. The zero-order valence-electron chi connectivity index (χ0n) is 86.2. The summed E-state index contributed by atoms with van der Waals surface area (Å²) in [5, 5.41) is 33.0. The van der Waals surface area contributed by atoms with Crippen LogP contribution in [-0.4, -0.2) is 260 Å². The van der Waals surface area contributed by atoms with E-state index in [1.54, 1.807) is 138 Å². The molecule has 3 atom stereocenters. The van der Waals surface area contributed by atoms with Gasteiger partial charge in [-0.2, -0.15) is 0 Å². The quantitative estimate of drug-likeness (QED) is 0.0193. The van der Waals surface area contributed by atoms with E-state index < -0.39 is 5.97 Å². The number of carbonyl (C=O) groups is 3. The Kier molecular flexibility index (Phi) is 56.9. The van der Waals surface area contributed by atoms with E-state index in [1.807, 2.05) is 222 Å². The first-order valence-electron chi connectivity index (χ1n) is 45.0. The van der Waals surface area contributed by atoms with E-state index in [0.717, 1.165) is 54.2 Å². The number of phenols is 1. The molecule has 0 radical (unpaired) electrons. The van der Waals surface area contributed by atoms with Crippen LogP contribution in [0.5, 0.6) is 109 Å². The summed E-state index contributed by atoms with van der Waals surface area (Å²) in [6.07, 6.45) is 0. The lowest BCUT2D eigenvalue weighted by atomic mass is 9.96. The molecule has 0 saturated carbocycles. The fourth-order valence-electron chi connectivity index (χ4n) is 11.8.